The number of aliphatic hydroxyl groups is 1. The highest BCUT2D eigenvalue weighted by molar-refractivity contribution is 5.67. The van der Waals surface area contributed by atoms with Crippen LogP contribution in [0.5, 0.6) is 5.75 Å². The first-order chi connectivity index (χ1) is 13.1. The monoisotopic (exact) mass is 375 g/mol. The molecule has 0 aliphatic carbocycles. The molecular weight excluding hydrogens is 350 g/mol. The number of aliphatic hydroxyl groups excluding tert-OH is 1. The molecule has 1 aromatic carbocycles. The second-order valence-corrected chi connectivity index (χ2v) is 6.80. The summed E-state index contributed by atoms with van der Waals surface area (Å²) in [5.74, 6) is 0.622. The number of benzene rings is 1. The Bertz CT molecular complexity index is 661. The molecule has 3 atom stereocenters. The van der Waals surface area contributed by atoms with Crippen molar-refractivity contribution < 1.29 is 24.1 Å². The van der Waals surface area contributed by atoms with Crippen LogP contribution in [0, 0.1) is 11.3 Å². The Morgan fingerprint density at radius 3 is 2.56 bits per heavy atom. The molecule has 146 valence electrons. The molecule has 3 rings (SSSR count). The first-order valence-electron chi connectivity index (χ1n) is 9.18. The van der Waals surface area contributed by atoms with Crippen molar-refractivity contribution in [3.8, 4) is 11.8 Å². The van der Waals surface area contributed by atoms with Crippen molar-refractivity contribution in [3.63, 3.8) is 0 Å². The molecule has 1 aromatic rings. The quantitative estimate of drug-likeness (QED) is 0.787. The van der Waals surface area contributed by atoms with Gasteiger partial charge in [-0.2, -0.15) is 5.26 Å². The normalized spacial score (nSPS) is 23.4. The Kier molecular flexibility index (Phi) is 6.50. The van der Waals surface area contributed by atoms with Gasteiger partial charge >= 0.3 is 6.09 Å². The molecule has 0 radical (unpaired) electrons. The first kappa shape index (κ1) is 19.4. The number of nitriles is 1. The maximum Gasteiger partial charge on any atom is 0.409 e. The summed E-state index contributed by atoms with van der Waals surface area (Å²) < 4.78 is 16.6. The zero-order chi connectivity index (χ0) is 19.2. The summed E-state index contributed by atoms with van der Waals surface area (Å²) in [4.78, 5) is 15.8. The van der Waals surface area contributed by atoms with E-state index in [0.29, 0.717) is 50.6 Å². The van der Waals surface area contributed by atoms with Gasteiger partial charge in [0, 0.05) is 19.6 Å². The lowest BCUT2D eigenvalue weighted by atomic mass is 10.1. The number of hydrogen-bond acceptors (Lipinski definition) is 7. The van der Waals surface area contributed by atoms with E-state index in [1.807, 2.05) is 0 Å². The number of fused-ring (bicyclic) bond motifs is 2. The standard InChI is InChI=1S/C19H25N3O5/c1-2-25-19(24)22-11-17-9-21(10-18(12-22)27-17)8-15(23)13-26-16-5-3-14(7-20)4-6-16/h3-6,15,17-18,23H,2,8-13H2,1H3. The van der Waals surface area contributed by atoms with Crippen molar-refractivity contribution in [2.24, 2.45) is 0 Å². The van der Waals surface area contributed by atoms with E-state index >= 15 is 0 Å². The van der Waals surface area contributed by atoms with Crippen LogP contribution in [0.4, 0.5) is 4.79 Å². The van der Waals surface area contributed by atoms with Gasteiger partial charge in [-0.25, -0.2) is 4.79 Å². The van der Waals surface area contributed by atoms with Crippen LogP contribution < -0.4 is 4.74 Å². The van der Waals surface area contributed by atoms with Gasteiger partial charge in [0.15, 0.2) is 0 Å². The van der Waals surface area contributed by atoms with E-state index in [-0.39, 0.29) is 24.9 Å². The molecule has 0 spiro atoms. The summed E-state index contributed by atoms with van der Waals surface area (Å²) in [6.07, 6.45) is -1.08. The van der Waals surface area contributed by atoms with Gasteiger partial charge in [-0.15, -0.1) is 0 Å². The summed E-state index contributed by atoms with van der Waals surface area (Å²) in [6, 6.07) is 8.85. The molecule has 27 heavy (non-hydrogen) atoms. The zero-order valence-corrected chi connectivity index (χ0v) is 15.4. The van der Waals surface area contributed by atoms with E-state index in [9.17, 15) is 9.90 Å². The molecule has 1 amide bonds. The molecule has 8 heteroatoms. The van der Waals surface area contributed by atoms with Gasteiger partial charge in [0.05, 0.1) is 43.5 Å². The van der Waals surface area contributed by atoms with E-state index in [2.05, 4.69) is 11.0 Å². The lowest BCUT2D eigenvalue weighted by Gasteiger charge is -2.45. The van der Waals surface area contributed by atoms with Crippen LogP contribution in [0.2, 0.25) is 0 Å². The lowest BCUT2D eigenvalue weighted by molar-refractivity contribution is -0.138. The number of nitrogens with zero attached hydrogens (tertiary/aromatic N) is 3. The van der Waals surface area contributed by atoms with Crippen LogP contribution in [0.1, 0.15) is 12.5 Å². The SMILES string of the molecule is CCOC(=O)N1CC2CN(CC(O)COc3ccc(C#N)cc3)CC(C1)O2. The average Bonchev–Trinajstić information content (AvgIpc) is 2.66. The fraction of sp³-hybridized carbons (Fsp3) is 0.579. The summed E-state index contributed by atoms with van der Waals surface area (Å²) in [6.45, 7) is 5.12. The highest BCUT2D eigenvalue weighted by Crippen LogP contribution is 2.20. The van der Waals surface area contributed by atoms with E-state index < -0.39 is 6.10 Å². The van der Waals surface area contributed by atoms with Crippen LogP contribution in [0.15, 0.2) is 24.3 Å². The molecule has 2 fully saturated rings. The molecule has 2 heterocycles. The summed E-state index contributed by atoms with van der Waals surface area (Å²) >= 11 is 0. The molecule has 2 bridgehead atoms. The van der Waals surface area contributed by atoms with Crippen LogP contribution in [-0.4, -0.2) is 85.2 Å². The third-order valence-electron chi connectivity index (χ3n) is 4.58. The molecular formula is C19H25N3O5. The van der Waals surface area contributed by atoms with E-state index in [0.717, 1.165) is 0 Å². The number of carbonyl (C=O) groups excluding carboxylic acids is 1. The van der Waals surface area contributed by atoms with Gasteiger partial charge in [0.2, 0.25) is 0 Å². The number of morpholine rings is 2. The highest BCUT2D eigenvalue weighted by atomic mass is 16.6. The van der Waals surface area contributed by atoms with Crippen molar-refractivity contribution in [2.45, 2.75) is 25.2 Å². The molecule has 2 aliphatic rings. The van der Waals surface area contributed by atoms with E-state index in [1.165, 1.54) is 0 Å². The molecule has 0 saturated carbocycles. The number of ether oxygens (including phenoxy) is 3. The van der Waals surface area contributed by atoms with Crippen molar-refractivity contribution in [3.05, 3.63) is 29.8 Å². The van der Waals surface area contributed by atoms with Gasteiger partial charge < -0.3 is 24.2 Å². The van der Waals surface area contributed by atoms with Crippen LogP contribution in [0.3, 0.4) is 0 Å². The van der Waals surface area contributed by atoms with Crippen molar-refractivity contribution in [2.75, 3.05) is 45.9 Å². The van der Waals surface area contributed by atoms with Crippen LogP contribution in [0.25, 0.3) is 0 Å². The molecule has 0 aromatic heterocycles. The van der Waals surface area contributed by atoms with Crippen molar-refractivity contribution >= 4 is 6.09 Å². The fourth-order valence-corrected chi connectivity index (χ4v) is 3.46. The number of hydrogen-bond donors (Lipinski definition) is 1. The Morgan fingerprint density at radius 1 is 1.30 bits per heavy atom. The number of amides is 1. The van der Waals surface area contributed by atoms with Crippen molar-refractivity contribution in [1.82, 2.24) is 9.80 Å². The summed E-state index contributed by atoms with van der Waals surface area (Å²) in [7, 11) is 0. The third-order valence-corrected chi connectivity index (χ3v) is 4.58. The number of carbonyl (C=O) groups is 1. The Hall–Kier alpha value is -2.34. The minimum absolute atomic E-state index is 0.0754. The van der Waals surface area contributed by atoms with Crippen LogP contribution in [-0.2, 0) is 9.47 Å². The van der Waals surface area contributed by atoms with Crippen molar-refractivity contribution in [1.29, 1.82) is 5.26 Å². The Morgan fingerprint density at radius 2 is 1.96 bits per heavy atom. The first-order valence-corrected chi connectivity index (χ1v) is 9.18. The summed E-state index contributed by atoms with van der Waals surface area (Å²) in [5, 5.41) is 19.1. The maximum absolute atomic E-state index is 11.9. The van der Waals surface area contributed by atoms with Crippen LogP contribution >= 0.6 is 0 Å². The Balaban J connectivity index is 1.44. The minimum Gasteiger partial charge on any atom is -0.491 e. The molecule has 3 unspecified atom stereocenters. The molecule has 2 saturated heterocycles. The van der Waals surface area contributed by atoms with Gasteiger partial charge in [0.1, 0.15) is 18.5 Å². The Labute approximate surface area is 158 Å². The largest absolute Gasteiger partial charge is 0.491 e. The van der Waals surface area contributed by atoms with Gasteiger partial charge in [-0.1, -0.05) is 0 Å². The third kappa shape index (κ3) is 5.32. The minimum atomic E-state index is -0.638. The fourth-order valence-electron chi connectivity index (χ4n) is 3.46. The lowest BCUT2D eigenvalue weighted by Crippen LogP contribution is -2.61. The highest BCUT2D eigenvalue weighted by Gasteiger charge is 2.37. The van der Waals surface area contributed by atoms with Gasteiger partial charge in [0.25, 0.3) is 0 Å². The second-order valence-electron chi connectivity index (χ2n) is 6.80. The van der Waals surface area contributed by atoms with E-state index in [4.69, 9.17) is 19.5 Å². The molecule has 8 nitrogen and oxygen atoms in total. The summed E-state index contributed by atoms with van der Waals surface area (Å²) in [5.41, 5.74) is 0.569. The predicted octanol–water partition coefficient (Wildman–Crippen LogP) is 0.839. The molecule has 1 N–H and O–H groups in total. The topological polar surface area (TPSA) is 95.3 Å². The predicted molar refractivity (Wildman–Crippen MR) is 96.4 cm³/mol. The van der Waals surface area contributed by atoms with E-state index in [1.54, 1.807) is 36.1 Å². The second kappa shape index (κ2) is 9.04. The smallest absolute Gasteiger partial charge is 0.409 e. The van der Waals surface area contributed by atoms with Gasteiger partial charge in [-0.05, 0) is 31.2 Å². The van der Waals surface area contributed by atoms with Gasteiger partial charge in [-0.3, -0.25) is 4.90 Å². The molecule has 2 aliphatic heterocycles. The number of β-amino-alcohol motifs (C(OH)–C–C–N with tert-alkyl or cyclic N) is 1. The average molecular weight is 375 g/mol. The maximum atomic E-state index is 11.9. The number of rotatable bonds is 6. The zero-order valence-electron chi connectivity index (χ0n) is 15.4.